The number of amides is 4. The molecule has 0 spiro atoms. The summed E-state index contributed by atoms with van der Waals surface area (Å²) in [5.74, 6) is -0.0441. The van der Waals surface area contributed by atoms with Gasteiger partial charge in [-0.1, -0.05) is 12.1 Å². The van der Waals surface area contributed by atoms with Crippen molar-refractivity contribution in [1.82, 2.24) is 10.6 Å². The molecule has 0 saturated carbocycles. The van der Waals surface area contributed by atoms with Crippen LogP contribution < -0.4 is 20.7 Å². The highest BCUT2D eigenvalue weighted by atomic mass is 16.5. The molecule has 4 amide bonds. The molecule has 2 fully saturated rings. The molecule has 30 heavy (non-hydrogen) atoms. The first-order valence-corrected chi connectivity index (χ1v) is 9.84. The zero-order valence-electron chi connectivity index (χ0n) is 16.6. The Hall–Kier alpha value is -3.39. The Labute approximate surface area is 173 Å². The Kier molecular flexibility index (Phi) is 5.41. The van der Waals surface area contributed by atoms with Gasteiger partial charge in [0.25, 0.3) is 11.8 Å². The van der Waals surface area contributed by atoms with Gasteiger partial charge in [0.1, 0.15) is 17.9 Å². The number of anilines is 1. The zero-order valence-corrected chi connectivity index (χ0v) is 16.6. The Morgan fingerprint density at radius 2 is 2.03 bits per heavy atom. The molecule has 156 valence electrons. The molecular formula is C22H23N3O5. The van der Waals surface area contributed by atoms with Gasteiger partial charge in [0.15, 0.2) is 0 Å². The van der Waals surface area contributed by atoms with E-state index in [1.54, 1.807) is 55.5 Å². The number of ether oxygens (including phenoxy) is 2. The maximum Gasteiger partial charge on any atom is 0.322 e. The summed E-state index contributed by atoms with van der Waals surface area (Å²) in [5, 5.41) is 7.66. The summed E-state index contributed by atoms with van der Waals surface area (Å²) in [4.78, 5) is 36.2. The quantitative estimate of drug-likeness (QED) is 0.636. The van der Waals surface area contributed by atoms with Crippen LogP contribution in [0, 0.1) is 0 Å². The molecule has 4 rings (SSSR count). The van der Waals surface area contributed by atoms with Gasteiger partial charge in [0.05, 0.1) is 6.10 Å². The van der Waals surface area contributed by atoms with Crippen LogP contribution in [0.4, 0.5) is 10.5 Å². The SMILES string of the molecule is C[C@@]1(c2cccc(NC(=O)c3ccc(OC[C@H]4CCCO4)cc3)c2)NC(=O)NC1=O. The number of carbonyl (C=O) groups excluding carboxylic acids is 3. The lowest BCUT2D eigenvalue weighted by atomic mass is 9.92. The molecule has 2 aromatic rings. The van der Waals surface area contributed by atoms with Gasteiger partial charge in [-0.3, -0.25) is 14.9 Å². The van der Waals surface area contributed by atoms with E-state index in [0.29, 0.717) is 29.2 Å². The highest BCUT2D eigenvalue weighted by Gasteiger charge is 2.43. The van der Waals surface area contributed by atoms with Crippen molar-refractivity contribution in [1.29, 1.82) is 0 Å². The smallest absolute Gasteiger partial charge is 0.322 e. The monoisotopic (exact) mass is 409 g/mol. The molecular weight excluding hydrogens is 386 g/mol. The average Bonchev–Trinajstić information content (AvgIpc) is 3.35. The zero-order chi connectivity index (χ0) is 21.1. The van der Waals surface area contributed by atoms with Gasteiger partial charge in [-0.05, 0) is 61.7 Å². The van der Waals surface area contributed by atoms with E-state index in [4.69, 9.17) is 9.47 Å². The molecule has 3 N–H and O–H groups in total. The van der Waals surface area contributed by atoms with E-state index in [0.717, 1.165) is 19.4 Å². The van der Waals surface area contributed by atoms with Gasteiger partial charge in [-0.25, -0.2) is 4.79 Å². The first kappa shape index (κ1) is 19.9. The second-order valence-electron chi connectivity index (χ2n) is 7.54. The molecule has 2 heterocycles. The number of urea groups is 1. The van der Waals surface area contributed by atoms with Gasteiger partial charge in [-0.15, -0.1) is 0 Å². The Balaban J connectivity index is 1.40. The highest BCUT2D eigenvalue weighted by molar-refractivity contribution is 6.07. The average molecular weight is 409 g/mol. The van der Waals surface area contributed by atoms with Crippen LogP contribution in [0.3, 0.4) is 0 Å². The van der Waals surface area contributed by atoms with Crippen LogP contribution in [0.5, 0.6) is 5.75 Å². The maximum atomic E-state index is 12.6. The summed E-state index contributed by atoms with van der Waals surface area (Å²) in [5.41, 5.74) is 0.385. The van der Waals surface area contributed by atoms with Crippen molar-refractivity contribution in [2.75, 3.05) is 18.5 Å². The van der Waals surface area contributed by atoms with Gasteiger partial charge in [0.2, 0.25) is 0 Å². The predicted octanol–water partition coefficient (Wildman–Crippen LogP) is 2.55. The van der Waals surface area contributed by atoms with E-state index in [1.165, 1.54) is 0 Å². The van der Waals surface area contributed by atoms with Crippen LogP contribution in [0.15, 0.2) is 48.5 Å². The number of imide groups is 1. The third-order valence-electron chi connectivity index (χ3n) is 5.32. The molecule has 2 atom stereocenters. The molecule has 0 aromatic heterocycles. The molecule has 2 aromatic carbocycles. The maximum absolute atomic E-state index is 12.6. The van der Waals surface area contributed by atoms with Crippen molar-refractivity contribution in [2.24, 2.45) is 0 Å². The second kappa shape index (κ2) is 8.16. The van der Waals surface area contributed by atoms with Gasteiger partial charge in [0, 0.05) is 17.9 Å². The van der Waals surface area contributed by atoms with E-state index in [1.807, 2.05) is 0 Å². The Bertz CT molecular complexity index is 969. The summed E-state index contributed by atoms with van der Waals surface area (Å²) in [6.45, 7) is 2.90. The lowest BCUT2D eigenvalue weighted by molar-refractivity contribution is -0.123. The fourth-order valence-corrected chi connectivity index (χ4v) is 3.53. The summed E-state index contributed by atoms with van der Waals surface area (Å²) >= 11 is 0. The van der Waals surface area contributed by atoms with Crippen molar-refractivity contribution in [3.63, 3.8) is 0 Å². The van der Waals surface area contributed by atoms with Crippen LogP contribution in [0.2, 0.25) is 0 Å². The van der Waals surface area contributed by atoms with Crippen LogP contribution in [-0.2, 0) is 15.1 Å². The van der Waals surface area contributed by atoms with Gasteiger partial charge in [-0.2, -0.15) is 0 Å². The highest BCUT2D eigenvalue weighted by Crippen LogP contribution is 2.27. The molecule has 0 bridgehead atoms. The summed E-state index contributed by atoms with van der Waals surface area (Å²) in [7, 11) is 0. The standard InChI is InChI=1S/C22H23N3O5/c1-22(20(27)24-21(28)25-22)15-4-2-5-16(12-15)23-19(26)14-7-9-17(10-8-14)30-13-18-6-3-11-29-18/h2,4-5,7-10,12,18H,3,6,11,13H2,1H3,(H,23,26)(H2,24,25,27,28)/t18-,22+/m1/s1. The van der Waals surface area contributed by atoms with Crippen LogP contribution in [0.1, 0.15) is 35.7 Å². The number of hydrogen-bond donors (Lipinski definition) is 3. The molecule has 2 aliphatic heterocycles. The third-order valence-corrected chi connectivity index (χ3v) is 5.32. The van der Waals surface area contributed by atoms with Crippen LogP contribution in [-0.4, -0.2) is 37.2 Å². The minimum atomic E-state index is -1.18. The van der Waals surface area contributed by atoms with Crippen molar-refractivity contribution in [3.05, 3.63) is 59.7 Å². The lowest BCUT2D eigenvalue weighted by Crippen LogP contribution is -2.40. The minimum Gasteiger partial charge on any atom is -0.491 e. The van der Waals surface area contributed by atoms with E-state index in [9.17, 15) is 14.4 Å². The number of benzene rings is 2. The van der Waals surface area contributed by atoms with Crippen LogP contribution in [0.25, 0.3) is 0 Å². The number of rotatable bonds is 6. The number of nitrogens with one attached hydrogen (secondary N) is 3. The van der Waals surface area contributed by atoms with Crippen molar-refractivity contribution in [2.45, 2.75) is 31.4 Å². The molecule has 0 unspecified atom stereocenters. The van der Waals surface area contributed by atoms with E-state index in [-0.39, 0.29) is 12.0 Å². The van der Waals surface area contributed by atoms with Gasteiger partial charge < -0.3 is 20.1 Å². The molecule has 8 heteroatoms. The third kappa shape index (κ3) is 4.13. The van der Waals surface area contributed by atoms with Crippen molar-refractivity contribution >= 4 is 23.5 Å². The van der Waals surface area contributed by atoms with Crippen LogP contribution >= 0.6 is 0 Å². The van der Waals surface area contributed by atoms with Crippen molar-refractivity contribution < 1.29 is 23.9 Å². The lowest BCUT2D eigenvalue weighted by Gasteiger charge is -2.21. The fraction of sp³-hybridized carbons (Fsp3) is 0.318. The predicted molar refractivity (Wildman–Crippen MR) is 109 cm³/mol. The Morgan fingerprint density at radius 1 is 1.23 bits per heavy atom. The fourth-order valence-electron chi connectivity index (χ4n) is 3.53. The first-order chi connectivity index (χ1) is 14.4. The normalized spacial score (nSPS) is 23.0. The molecule has 0 radical (unpaired) electrons. The van der Waals surface area contributed by atoms with Gasteiger partial charge >= 0.3 is 6.03 Å². The molecule has 2 aliphatic rings. The van der Waals surface area contributed by atoms with E-state index in [2.05, 4.69) is 16.0 Å². The molecule has 8 nitrogen and oxygen atoms in total. The van der Waals surface area contributed by atoms with Crippen molar-refractivity contribution in [3.8, 4) is 5.75 Å². The number of carbonyl (C=O) groups is 3. The summed E-state index contributed by atoms with van der Waals surface area (Å²) in [6.07, 6.45) is 2.20. The second-order valence-corrected chi connectivity index (χ2v) is 7.54. The minimum absolute atomic E-state index is 0.133. The summed E-state index contributed by atoms with van der Waals surface area (Å²) in [6, 6.07) is 13.2. The largest absolute Gasteiger partial charge is 0.491 e. The number of hydrogen-bond acceptors (Lipinski definition) is 5. The molecule has 0 aliphatic carbocycles. The molecule has 2 saturated heterocycles. The topological polar surface area (TPSA) is 106 Å². The summed E-state index contributed by atoms with van der Waals surface area (Å²) < 4.78 is 11.2. The van der Waals surface area contributed by atoms with E-state index < -0.39 is 17.5 Å². The first-order valence-electron chi connectivity index (χ1n) is 9.84. The van der Waals surface area contributed by atoms with E-state index >= 15 is 0 Å². The Morgan fingerprint density at radius 3 is 2.70 bits per heavy atom.